The molecule has 0 aliphatic heterocycles. The van der Waals surface area contributed by atoms with Crippen molar-refractivity contribution in [3.8, 4) is 0 Å². The molecular weight excluding hydrogens is 302 g/mol. The zero-order chi connectivity index (χ0) is 17.1. The molecule has 2 N–H and O–H groups in total. The van der Waals surface area contributed by atoms with E-state index in [1.54, 1.807) is 19.2 Å². The van der Waals surface area contributed by atoms with Gasteiger partial charge in [-0.05, 0) is 30.5 Å². The summed E-state index contributed by atoms with van der Waals surface area (Å²) in [6, 6.07) is 13.5. The fraction of sp³-hybridized carbons (Fsp3) is 0.316. The highest BCUT2D eigenvalue weighted by molar-refractivity contribution is 5.98. The number of benzene rings is 1. The molecule has 0 radical (unpaired) electrons. The second-order valence-corrected chi connectivity index (χ2v) is 6.13. The minimum atomic E-state index is -0.294. The summed E-state index contributed by atoms with van der Waals surface area (Å²) in [4.78, 5) is 28.9. The number of nitrogens with zero attached hydrogens (tertiary/aromatic N) is 1. The van der Waals surface area contributed by atoms with E-state index in [9.17, 15) is 9.59 Å². The summed E-state index contributed by atoms with van der Waals surface area (Å²) in [5, 5.41) is 5.54. The average Bonchev–Trinajstić information content (AvgIpc) is 3.44. The molecule has 1 fully saturated rings. The summed E-state index contributed by atoms with van der Waals surface area (Å²) in [5.74, 6) is -0.451. The SMILES string of the molecule is CNC(=O)c1cc(C(=O)NC2CC2)cc([C@@H](C)c2ccccc2)n1. The Morgan fingerprint density at radius 2 is 1.83 bits per heavy atom. The first-order chi connectivity index (χ1) is 11.6. The first kappa shape index (κ1) is 16.2. The van der Waals surface area contributed by atoms with E-state index in [4.69, 9.17) is 0 Å². The quantitative estimate of drug-likeness (QED) is 0.888. The van der Waals surface area contributed by atoms with Crippen LogP contribution < -0.4 is 10.6 Å². The molecule has 1 heterocycles. The summed E-state index contributed by atoms with van der Waals surface area (Å²) >= 11 is 0. The zero-order valence-corrected chi connectivity index (χ0v) is 13.9. The monoisotopic (exact) mass is 323 g/mol. The van der Waals surface area contributed by atoms with E-state index in [2.05, 4.69) is 15.6 Å². The molecule has 124 valence electrons. The van der Waals surface area contributed by atoms with Crippen LogP contribution >= 0.6 is 0 Å². The van der Waals surface area contributed by atoms with E-state index in [0.29, 0.717) is 11.3 Å². The standard InChI is InChI=1S/C19H21N3O2/c1-12(13-6-4-3-5-7-13)16-10-14(18(23)21-15-8-9-15)11-17(22-16)19(24)20-2/h3-7,10-12,15H,8-9H2,1-2H3,(H,20,24)(H,21,23)/t12-/m0/s1. The van der Waals surface area contributed by atoms with Crippen LogP contribution in [-0.4, -0.2) is 29.9 Å². The topological polar surface area (TPSA) is 71.1 Å². The van der Waals surface area contributed by atoms with Crippen LogP contribution in [0.25, 0.3) is 0 Å². The maximum atomic E-state index is 12.4. The summed E-state index contributed by atoms with van der Waals surface area (Å²) in [5.41, 5.74) is 2.54. The Bertz CT molecular complexity index is 754. The lowest BCUT2D eigenvalue weighted by Gasteiger charge is -2.14. The molecule has 3 rings (SSSR count). The first-order valence-corrected chi connectivity index (χ1v) is 8.18. The van der Waals surface area contributed by atoms with Crippen molar-refractivity contribution in [2.75, 3.05) is 7.05 Å². The number of aromatic nitrogens is 1. The molecule has 1 aromatic carbocycles. The van der Waals surface area contributed by atoms with Gasteiger partial charge in [0, 0.05) is 30.3 Å². The van der Waals surface area contributed by atoms with Gasteiger partial charge in [0.15, 0.2) is 0 Å². The van der Waals surface area contributed by atoms with E-state index in [-0.39, 0.29) is 29.5 Å². The van der Waals surface area contributed by atoms with Gasteiger partial charge in [0.2, 0.25) is 0 Å². The number of hydrogen-bond donors (Lipinski definition) is 2. The van der Waals surface area contributed by atoms with E-state index in [1.165, 1.54) is 0 Å². The number of rotatable bonds is 5. The maximum Gasteiger partial charge on any atom is 0.269 e. The second-order valence-electron chi connectivity index (χ2n) is 6.13. The van der Waals surface area contributed by atoms with Gasteiger partial charge < -0.3 is 10.6 Å². The van der Waals surface area contributed by atoms with Crippen molar-refractivity contribution in [2.45, 2.75) is 31.7 Å². The Labute approximate surface area is 141 Å². The number of carbonyl (C=O) groups is 2. The van der Waals surface area contributed by atoms with Gasteiger partial charge in [-0.25, -0.2) is 4.98 Å². The first-order valence-electron chi connectivity index (χ1n) is 8.18. The number of carbonyl (C=O) groups excluding carboxylic acids is 2. The summed E-state index contributed by atoms with van der Waals surface area (Å²) in [6.45, 7) is 2.02. The molecule has 1 aromatic heterocycles. The van der Waals surface area contributed by atoms with Crippen molar-refractivity contribution in [1.29, 1.82) is 0 Å². The van der Waals surface area contributed by atoms with Crippen molar-refractivity contribution in [3.63, 3.8) is 0 Å². The fourth-order valence-corrected chi connectivity index (χ4v) is 2.56. The van der Waals surface area contributed by atoms with Crippen molar-refractivity contribution in [3.05, 3.63) is 65.0 Å². The Balaban J connectivity index is 1.97. The minimum Gasteiger partial charge on any atom is -0.354 e. The van der Waals surface area contributed by atoms with Gasteiger partial charge in [-0.1, -0.05) is 37.3 Å². The predicted octanol–water partition coefficient (Wildman–Crippen LogP) is 2.49. The van der Waals surface area contributed by atoms with Crippen LogP contribution in [0.5, 0.6) is 0 Å². The van der Waals surface area contributed by atoms with Crippen LogP contribution in [0.1, 0.15) is 57.8 Å². The third-order valence-electron chi connectivity index (χ3n) is 4.22. The molecule has 5 nitrogen and oxygen atoms in total. The Kier molecular flexibility index (Phi) is 4.60. The van der Waals surface area contributed by atoms with E-state index in [0.717, 1.165) is 18.4 Å². The third kappa shape index (κ3) is 3.62. The van der Waals surface area contributed by atoms with Gasteiger partial charge in [-0.2, -0.15) is 0 Å². The highest BCUT2D eigenvalue weighted by Crippen LogP contribution is 2.24. The Hall–Kier alpha value is -2.69. The molecule has 0 bridgehead atoms. The van der Waals surface area contributed by atoms with Crippen molar-refractivity contribution in [2.24, 2.45) is 0 Å². The molecule has 1 aliphatic rings. The third-order valence-corrected chi connectivity index (χ3v) is 4.22. The van der Waals surface area contributed by atoms with Crippen molar-refractivity contribution in [1.82, 2.24) is 15.6 Å². The van der Waals surface area contributed by atoms with E-state index < -0.39 is 0 Å². The van der Waals surface area contributed by atoms with Crippen LogP contribution in [-0.2, 0) is 0 Å². The largest absolute Gasteiger partial charge is 0.354 e. The lowest BCUT2D eigenvalue weighted by Crippen LogP contribution is -2.27. The maximum absolute atomic E-state index is 12.4. The van der Waals surface area contributed by atoms with Gasteiger partial charge in [-0.15, -0.1) is 0 Å². The van der Waals surface area contributed by atoms with E-state index >= 15 is 0 Å². The zero-order valence-electron chi connectivity index (χ0n) is 13.9. The van der Waals surface area contributed by atoms with E-state index in [1.807, 2.05) is 37.3 Å². The summed E-state index contributed by atoms with van der Waals surface area (Å²) in [6.07, 6.45) is 2.04. The van der Waals surface area contributed by atoms with Crippen molar-refractivity contribution >= 4 is 11.8 Å². The molecule has 1 atom stereocenters. The Morgan fingerprint density at radius 1 is 1.12 bits per heavy atom. The fourth-order valence-electron chi connectivity index (χ4n) is 2.56. The summed E-state index contributed by atoms with van der Waals surface area (Å²) in [7, 11) is 1.56. The average molecular weight is 323 g/mol. The van der Waals surface area contributed by atoms with Crippen LogP contribution in [0.2, 0.25) is 0 Å². The number of nitrogens with one attached hydrogen (secondary N) is 2. The molecule has 0 spiro atoms. The molecule has 2 aromatic rings. The molecule has 1 saturated carbocycles. The van der Waals surface area contributed by atoms with Crippen LogP contribution in [0.3, 0.4) is 0 Å². The van der Waals surface area contributed by atoms with Gasteiger partial charge in [0.1, 0.15) is 5.69 Å². The minimum absolute atomic E-state index is 0.0109. The molecule has 24 heavy (non-hydrogen) atoms. The van der Waals surface area contributed by atoms with Gasteiger partial charge >= 0.3 is 0 Å². The smallest absolute Gasteiger partial charge is 0.269 e. The molecule has 0 unspecified atom stereocenters. The van der Waals surface area contributed by atoms with Gasteiger partial charge in [0.25, 0.3) is 11.8 Å². The lowest BCUT2D eigenvalue weighted by atomic mass is 9.96. The molecule has 5 heteroatoms. The van der Waals surface area contributed by atoms with Gasteiger partial charge in [-0.3, -0.25) is 9.59 Å². The second kappa shape index (κ2) is 6.83. The van der Waals surface area contributed by atoms with Crippen molar-refractivity contribution < 1.29 is 9.59 Å². The highest BCUT2D eigenvalue weighted by Gasteiger charge is 2.25. The van der Waals surface area contributed by atoms with Crippen LogP contribution in [0.4, 0.5) is 0 Å². The van der Waals surface area contributed by atoms with Gasteiger partial charge in [0.05, 0.1) is 0 Å². The summed E-state index contributed by atoms with van der Waals surface area (Å²) < 4.78 is 0. The number of amides is 2. The lowest BCUT2D eigenvalue weighted by molar-refractivity contribution is 0.0951. The number of pyridine rings is 1. The molecule has 2 amide bonds. The number of hydrogen-bond acceptors (Lipinski definition) is 3. The predicted molar refractivity (Wildman–Crippen MR) is 92.1 cm³/mol. The molecule has 1 aliphatic carbocycles. The van der Waals surface area contributed by atoms with Crippen LogP contribution in [0.15, 0.2) is 42.5 Å². The molecule has 0 saturated heterocycles. The Morgan fingerprint density at radius 3 is 2.46 bits per heavy atom. The normalized spacial score (nSPS) is 14.8. The highest BCUT2D eigenvalue weighted by atomic mass is 16.2. The molecular formula is C19H21N3O2. The van der Waals surface area contributed by atoms with Crippen LogP contribution in [0, 0.1) is 0 Å².